The summed E-state index contributed by atoms with van der Waals surface area (Å²) in [6.07, 6.45) is 0.692. The van der Waals surface area contributed by atoms with Gasteiger partial charge in [0, 0.05) is 5.54 Å². The smallest absolute Gasteiger partial charge is 0.146 e. The quantitative estimate of drug-likeness (QED) is 0.684. The van der Waals surface area contributed by atoms with E-state index in [4.69, 9.17) is 11.5 Å². The van der Waals surface area contributed by atoms with Crippen molar-refractivity contribution in [3.05, 3.63) is 29.6 Å². The summed E-state index contributed by atoms with van der Waals surface area (Å²) in [4.78, 5) is 0. The van der Waals surface area contributed by atoms with Crippen LogP contribution in [0.5, 0.6) is 0 Å². The fraction of sp³-hybridized carbons (Fsp3) is 0.400. The molecule has 1 rings (SSSR count). The Morgan fingerprint density at radius 2 is 2.00 bits per heavy atom. The predicted octanol–water partition coefficient (Wildman–Crippen LogP) is 1.69. The second kappa shape index (κ2) is 3.34. The molecule has 13 heavy (non-hydrogen) atoms. The highest BCUT2D eigenvalue weighted by Gasteiger charge is 2.12. The van der Waals surface area contributed by atoms with Crippen molar-refractivity contribution in [2.24, 2.45) is 5.73 Å². The maximum Gasteiger partial charge on any atom is 0.146 e. The van der Waals surface area contributed by atoms with E-state index in [2.05, 4.69) is 0 Å². The Balaban J connectivity index is 2.86. The Hall–Kier alpha value is -1.09. The molecule has 0 aromatic heterocycles. The average molecular weight is 182 g/mol. The fourth-order valence-corrected chi connectivity index (χ4v) is 1.23. The van der Waals surface area contributed by atoms with Crippen molar-refractivity contribution in [3.8, 4) is 0 Å². The van der Waals surface area contributed by atoms with E-state index in [0.717, 1.165) is 5.56 Å². The highest BCUT2D eigenvalue weighted by atomic mass is 19.1. The summed E-state index contributed by atoms with van der Waals surface area (Å²) in [5.41, 5.74) is 12.1. The molecule has 0 fully saturated rings. The summed E-state index contributed by atoms with van der Waals surface area (Å²) in [7, 11) is 0. The third kappa shape index (κ3) is 3.03. The van der Waals surface area contributed by atoms with Crippen molar-refractivity contribution in [1.82, 2.24) is 0 Å². The lowest BCUT2D eigenvalue weighted by molar-refractivity contribution is 0.516. The van der Waals surface area contributed by atoms with E-state index in [9.17, 15) is 4.39 Å². The van der Waals surface area contributed by atoms with E-state index in [1.54, 1.807) is 12.1 Å². The molecule has 0 saturated heterocycles. The first-order chi connectivity index (χ1) is 5.88. The first kappa shape index (κ1) is 9.99. The van der Waals surface area contributed by atoms with Crippen molar-refractivity contribution in [3.63, 3.8) is 0 Å². The minimum absolute atomic E-state index is 0.182. The summed E-state index contributed by atoms with van der Waals surface area (Å²) < 4.78 is 12.8. The maximum absolute atomic E-state index is 12.8. The van der Waals surface area contributed by atoms with Gasteiger partial charge in [0.15, 0.2) is 0 Å². The Bertz CT molecular complexity index is 302. The van der Waals surface area contributed by atoms with Crippen molar-refractivity contribution in [1.29, 1.82) is 0 Å². The van der Waals surface area contributed by atoms with Crippen LogP contribution in [0, 0.1) is 5.82 Å². The van der Waals surface area contributed by atoms with Crippen molar-refractivity contribution < 1.29 is 4.39 Å². The molecule has 4 N–H and O–H groups in total. The van der Waals surface area contributed by atoms with Crippen LogP contribution in [0.4, 0.5) is 10.1 Å². The summed E-state index contributed by atoms with van der Waals surface area (Å²) >= 11 is 0. The second-order valence-electron chi connectivity index (χ2n) is 4.02. The van der Waals surface area contributed by atoms with Crippen LogP contribution < -0.4 is 11.5 Å². The monoisotopic (exact) mass is 182 g/mol. The largest absolute Gasteiger partial charge is 0.396 e. The normalized spacial score (nSPS) is 11.7. The SMILES string of the molecule is CC(C)(N)Cc1ccc(F)c(N)c1. The van der Waals surface area contributed by atoms with Crippen LogP contribution in [0.2, 0.25) is 0 Å². The van der Waals surface area contributed by atoms with Gasteiger partial charge in [0.1, 0.15) is 5.82 Å². The molecular weight excluding hydrogens is 167 g/mol. The van der Waals surface area contributed by atoms with Crippen LogP contribution in [-0.2, 0) is 6.42 Å². The lowest BCUT2D eigenvalue weighted by Crippen LogP contribution is -2.34. The second-order valence-corrected chi connectivity index (χ2v) is 4.02. The summed E-state index contributed by atoms with van der Waals surface area (Å²) in [5.74, 6) is -0.376. The van der Waals surface area contributed by atoms with Gasteiger partial charge in [-0.25, -0.2) is 4.39 Å². The van der Waals surface area contributed by atoms with Gasteiger partial charge in [-0.1, -0.05) is 6.07 Å². The van der Waals surface area contributed by atoms with E-state index >= 15 is 0 Å². The fourth-order valence-electron chi connectivity index (χ4n) is 1.23. The number of halogens is 1. The van der Waals surface area contributed by atoms with E-state index < -0.39 is 0 Å². The highest BCUT2D eigenvalue weighted by Crippen LogP contribution is 2.16. The molecule has 0 atom stereocenters. The van der Waals surface area contributed by atoms with E-state index in [-0.39, 0.29) is 17.0 Å². The van der Waals surface area contributed by atoms with Gasteiger partial charge in [-0.05, 0) is 38.0 Å². The molecule has 0 aliphatic rings. The number of hydrogen-bond acceptors (Lipinski definition) is 2. The Labute approximate surface area is 77.7 Å². The topological polar surface area (TPSA) is 52.0 Å². The van der Waals surface area contributed by atoms with E-state index in [1.165, 1.54) is 6.07 Å². The van der Waals surface area contributed by atoms with Crippen molar-refractivity contribution in [2.45, 2.75) is 25.8 Å². The number of nitrogen functional groups attached to an aromatic ring is 1. The molecule has 0 spiro atoms. The predicted molar refractivity (Wildman–Crippen MR) is 52.8 cm³/mol. The molecule has 0 aliphatic heterocycles. The number of benzene rings is 1. The van der Waals surface area contributed by atoms with Gasteiger partial charge >= 0.3 is 0 Å². The number of anilines is 1. The number of nitrogens with two attached hydrogens (primary N) is 2. The van der Waals surface area contributed by atoms with Gasteiger partial charge < -0.3 is 11.5 Å². The minimum Gasteiger partial charge on any atom is -0.396 e. The van der Waals surface area contributed by atoms with Gasteiger partial charge in [0.05, 0.1) is 5.69 Å². The molecule has 2 nitrogen and oxygen atoms in total. The van der Waals surface area contributed by atoms with E-state index in [1.807, 2.05) is 13.8 Å². The number of hydrogen-bond donors (Lipinski definition) is 2. The van der Waals surface area contributed by atoms with Crippen LogP contribution in [0.1, 0.15) is 19.4 Å². The van der Waals surface area contributed by atoms with Crippen LogP contribution in [-0.4, -0.2) is 5.54 Å². The van der Waals surface area contributed by atoms with Crippen molar-refractivity contribution >= 4 is 5.69 Å². The van der Waals surface area contributed by atoms with Gasteiger partial charge in [0.2, 0.25) is 0 Å². The first-order valence-corrected chi connectivity index (χ1v) is 4.21. The molecule has 0 radical (unpaired) electrons. The molecule has 0 saturated carbocycles. The number of rotatable bonds is 2. The minimum atomic E-state index is -0.376. The van der Waals surface area contributed by atoms with Gasteiger partial charge in [-0.3, -0.25) is 0 Å². The zero-order valence-electron chi connectivity index (χ0n) is 7.97. The maximum atomic E-state index is 12.8. The zero-order chi connectivity index (χ0) is 10.1. The third-order valence-corrected chi connectivity index (χ3v) is 1.72. The van der Waals surface area contributed by atoms with Crippen LogP contribution in [0.3, 0.4) is 0 Å². The molecule has 0 aliphatic carbocycles. The first-order valence-electron chi connectivity index (χ1n) is 4.21. The Morgan fingerprint density at radius 1 is 1.38 bits per heavy atom. The van der Waals surface area contributed by atoms with Crippen LogP contribution in [0.25, 0.3) is 0 Å². The summed E-state index contributed by atoms with van der Waals surface area (Å²) in [5, 5.41) is 0. The molecular formula is C10H15FN2. The molecule has 1 aromatic carbocycles. The lowest BCUT2D eigenvalue weighted by atomic mass is 9.96. The lowest BCUT2D eigenvalue weighted by Gasteiger charge is -2.18. The van der Waals surface area contributed by atoms with Crippen molar-refractivity contribution in [2.75, 3.05) is 5.73 Å². The van der Waals surface area contributed by atoms with E-state index in [0.29, 0.717) is 6.42 Å². The van der Waals surface area contributed by atoms with Gasteiger partial charge in [-0.2, -0.15) is 0 Å². The molecule has 0 heterocycles. The van der Waals surface area contributed by atoms with Crippen LogP contribution in [0.15, 0.2) is 18.2 Å². The zero-order valence-corrected chi connectivity index (χ0v) is 7.97. The highest BCUT2D eigenvalue weighted by molar-refractivity contribution is 5.42. The molecule has 0 bridgehead atoms. The van der Waals surface area contributed by atoms with Gasteiger partial charge in [0.25, 0.3) is 0 Å². The molecule has 1 aromatic rings. The van der Waals surface area contributed by atoms with Crippen LogP contribution >= 0.6 is 0 Å². The Kier molecular flexibility index (Phi) is 2.57. The molecule has 0 amide bonds. The standard InChI is InChI=1S/C10H15FN2/c1-10(2,13)6-7-3-4-8(11)9(12)5-7/h3-5H,6,12-13H2,1-2H3. The summed E-state index contributed by atoms with van der Waals surface area (Å²) in [6, 6.07) is 4.71. The molecule has 72 valence electrons. The molecule has 0 unspecified atom stereocenters. The Morgan fingerprint density at radius 3 is 2.46 bits per heavy atom. The molecule has 3 heteroatoms. The third-order valence-electron chi connectivity index (χ3n) is 1.72. The average Bonchev–Trinajstić information content (AvgIpc) is 1.94. The van der Waals surface area contributed by atoms with Gasteiger partial charge in [-0.15, -0.1) is 0 Å². The summed E-state index contributed by atoms with van der Waals surface area (Å²) in [6.45, 7) is 3.85.